The highest BCUT2D eigenvalue weighted by Crippen LogP contribution is 2.50. The summed E-state index contributed by atoms with van der Waals surface area (Å²) in [7, 11) is 0. The second-order valence-electron chi connectivity index (χ2n) is 4.78. The van der Waals surface area contributed by atoms with Gasteiger partial charge >= 0.3 is 0 Å². The zero-order valence-corrected chi connectivity index (χ0v) is 11.6. The van der Waals surface area contributed by atoms with E-state index < -0.39 is 5.41 Å². The molecule has 1 aromatic carbocycles. The Kier molecular flexibility index (Phi) is 3.08. The third kappa shape index (κ3) is 2.15. The molecule has 1 aliphatic rings. The van der Waals surface area contributed by atoms with Crippen LogP contribution in [0.25, 0.3) is 0 Å². The number of nitrogens with zero attached hydrogens (tertiary/aromatic N) is 1. The fourth-order valence-corrected chi connectivity index (χ4v) is 2.84. The molecule has 0 bridgehead atoms. The van der Waals surface area contributed by atoms with E-state index in [2.05, 4.69) is 4.98 Å². The van der Waals surface area contributed by atoms with E-state index in [0.717, 1.165) is 18.4 Å². The van der Waals surface area contributed by atoms with Crippen molar-refractivity contribution >= 4 is 29.0 Å². The average molecular weight is 292 g/mol. The molecule has 2 aromatic rings. The summed E-state index contributed by atoms with van der Waals surface area (Å²) >= 11 is 12.0. The van der Waals surface area contributed by atoms with Crippen molar-refractivity contribution in [3.8, 4) is 0 Å². The maximum atomic E-state index is 12.7. The van der Waals surface area contributed by atoms with Gasteiger partial charge in [-0.2, -0.15) is 0 Å². The standard InChI is InChI=1S/C15H11Cl2NO/c16-11-3-4-12(13(17)8-11)14(19)15(5-6-15)10-2-1-7-18-9-10/h1-4,7-9H,5-6H2. The summed E-state index contributed by atoms with van der Waals surface area (Å²) in [5.41, 5.74) is 1.06. The third-order valence-corrected chi connectivity index (χ3v) is 4.12. The van der Waals surface area contributed by atoms with E-state index in [4.69, 9.17) is 23.2 Å². The molecule has 1 fully saturated rings. The summed E-state index contributed by atoms with van der Waals surface area (Å²) in [6, 6.07) is 8.80. The number of rotatable bonds is 3. The molecule has 0 radical (unpaired) electrons. The number of hydrogen-bond donors (Lipinski definition) is 0. The largest absolute Gasteiger partial charge is 0.293 e. The second-order valence-corrected chi connectivity index (χ2v) is 5.62. The first-order valence-electron chi connectivity index (χ1n) is 6.04. The summed E-state index contributed by atoms with van der Waals surface area (Å²) in [6.45, 7) is 0. The maximum Gasteiger partial charge on any atom is 0.174 e. The van der Waals surface area contributed by atoms with Crippen molar-refractivity contribution < 1.29 is 4.79 Å². The van der Waals surface area contributed by atoms with Crippen LogP contribution in [0.2, 0.25) is 10.0 Å². The van der Waals surface area contributed by atoms with Crippen molar-refractivity contribution in [3.63, 3.8) is 0 Å². The lowest BCUT2D eigenvalue weighted by Gasteiger charge is -2.15. The van der Waals surface area contributed by atoms with Gasteiger partial charge < -0.3 is 0 Å². The van der Waals surface area contributed by atoms with Crippen LogP contribution in [0.4, 0.5) is 0 Å². The van der Waals surface area contributed by atoms with Crippen LogP contribution in [0.15, 0.2) is 42.7 Å². The van der Waals surface area contributed by atoms with E-state index in [0.29, 0.717) is 15.6 Å². The topological polar surface area (TPSA) is 30.0 Å². The molecule has 2 nitrogen and oxygen atoms in total. The fourth-order valence-electron chi connectivity index (χ4n) is 2.35. The minimum absolute atomic E-state index is 0.0576. The molecule has 1 aliphatic carbocycles. The lowest BCUT2D eigenvalue weighted by atomic mass is 9.88. The lowest BCUT2D eigenvalue weighted by molar-refractivity contribution is 0.0946. The average Bonchev–Trinajstić information content (AvgIpc) is 3.20. The number of hydrogen-bond acceptors (Lipinski definition) is 2. The number of benzene rings is 1. The summed E-state index contributed by atoms with van der Waals surface area (Å²) in [6.07, 6.45) is 5.15. The van der Waals surface area contributed by atoms with Crippen LogP contribution in [0, 0.1) is 0 Å². The smallest absolute Gasteiger partial charge is 0.174 e. The SMILES string of the molecule is O=C(c1ccc(Cl)cc1Cl)C1(c2cccnc2)CC1. The molecule has 96 valence electrons. The first-order chi connectivity index (χ1) is 9.13. The molecule has 0 saturated heterocycles. The van der Waals surface area contributed by atoms with Crippen LogP contribution in [0.1, 0.15) is 28.8 Å². The molecule has 0 spiro atoms. The van der Waals surface area contributed by atoms with Gasteiger partial charge in [-0.25, -0.2) is 0 Å². The Labute approximate surface area is 121 Å². The Bertz CT molecular complexity index is 636. The van der Waals surface area contributed by atoms with Crippen molar-refractivity contribution in [3.05, 3.63) is 63.9 Å². The van der Waals surface area contributed by atoms with Crippen LogP contribution in [-0.2, 0) is 5.41 Å². The predicted molar refractivity (Wildman–Crippen MR) is 75.9 cm³/mol. The Morgan fingerprint density at radius 1 is 1.21 bits per heavy atom. The van der Waals surface area contributed by atoms with Gasteiger partial charge in [0.05, 0.1) is 10.4 Å². The summed E-state index contributed by atoms with van der Waals surface area (Å²) in [4.78, 5) is 16.8. The molecule has 1 aromatic heterocycles. The monoisotopic (exact) mass is 291 g/mol. The van der Waals surface area contributed by atoms with Crippen LogP contribution >= 0.6 is 23.2 Å². The molecule has 0 N–H and O–H groups in total. The van der Waals surface area contributed by atoms with Gasteiger partial charge in [0.2, 0.25) is 0 Å². The molecular formula is C15H11Cl2NO. The number of carbonyl (C=O) groups excluding carboxylic acids is 1. The van der Waals surface area contributed by atoms with Crippen LogP contribution in [0.3, 0.4) is 0 Å². The number of ketones is 1. The van der Waals surface area contributed by atoms with Gasteiger partial charge in [-0.15, -0.1) is 0 Å². The Balaban J connectivity index is 2.01. The molecule has 19 heavy (non-hydrogen) atoms. The van der Waals surface area contributed by atoms with Gasteiger partial charge in [-0.05, 0) is 42.7 Å². The number of halogens is 2. The highest BCUT2D eigenvalue weighted by Gasteiger charge is 2.51. The maximum absolute atomic E-state index is 12.7. The molecule has 1 saturated carbocycles. The molecule has 1 heterocycles. The first-order valence-corrected chi connectivity index (χ1v) is 6.79. The van der Waals surface area contributed by atoms with Gasteiger partial charge in [0.25, 0.3) is 0 Å². The number of aromatic nitrogens is 1. The minimum Gasteiger partial charge on any atom is -0.293 e. The van der Waals surface area contributed by atoms with Gasteiger partial charge in [-0.3, -0.25) is 9.78 Å². The Morgan fingerprint density at radius 3 is 2.58 bits per heavy atom. The van der Waals surface area contributed by atoms with Crippen LogP contribution in [-0.4, -0.2) is 10.8 Å². The van der Waals surface area contributed by atoms with E-state index in [1.54, 1.807) is 30.6 Å². The van der Waals surface area contributed by atoms with E-state index in [9.17, 15) is 4.79 Å². The lowest BCUT2D eigenvalue weighted by Crippen LogP contribution is -2.21. The van der Waals surface area contributed by atoms with Gasteiger partial charge in [-0.1, -0.05) is 29.3 Å². The van der Waals surface area contributed by atoms with Gasteiger partial charge in [0.1, 0.15) is 0 Å². The van der Waals surface area contributed by atoms with Gasteiger partial charge in [0, 0.05) is 23.0 Å². The zero-order valence-electron chi connectivity index (χ0n) is 10.1. The normalized spacial score (nSPS) is 16.1. The third-order valence-electron chi connectivity index (χ3n) is 3.57. The Morgan fingerprint density at radius 2 is 2.00 bits per heavy atom. The molecule has 3 rings (SSSR count). The predicted octanol–water partition coefficient (Wildman–Crippen LogP) is 4.30. The van der Waals surface area contributed by atoms with Crippen molar-refractivity contribution in [1.29, 1.82) is 0 Å². The molecular weight excluding hydrogens is 281 g/mol. The van der Waals surface area contributed by atoms with E-state index in [1.807, 2.05) is 12.1 Å². The molecule has 0 unspecified atom stereocenters. The van der Waals surface area contributed by atoms with Crippen molar-refractivity contribution in [1.82, 2.24) is 4.98 Å². The summed E-state index contributed by atoms with van der Waals surface area (Å²) in [5.74, 6) is 0.0576. The van der Waals surface area contributed by atoms with Crippen molar-refractivity contribution in [2.24, 2.45) is 0 Å². The van der Waals surface area contributed by atoms with Crippen molar-refractivity contribution in [2.75, 3.05) is 0 Å². The highest BCUT2D eigenvalue weighted by molar-refractivity contribution is 6.37. The van der Waals surface area contributed by atoms with Crippen LogP contribution in [0.5, 0.6) is 0 Å². The molecule has 0 atom stereocenters. The van der Waals surface area contributed by atoms with Crippen molar-refractivity contribution in [2.45, 2.75) is 18.3 Å². The second kappa shape index (κ2) is 4.62. The minimum atomic E-state index is -0.439. The fraction of sp³-hybridized carbons (Fsp3) is 0.200. The van der Waals surface area contributed by atoms with Gasteiger partial charge in [0.15, 0.2) is 5.78 Å². The number of pyridine rings is 1. The molecule has 0 amide bonds. The number of Topliss-reactive ketones (excluding diaryl/α,β-unsaturated/α-hetero) is 1. The van der Waals surface area contributed by atoms with E-state index >= 15 is 0 Å². The van der Waals surface area contributed by atoms with E-state index in [1.165, 1.54) is 0 Å². The Hall–Kier alpha value is -1.38. The number of carbonyl (C=O) groups is 1. The molecule has 4 heteroatoms. The van der Waals surface area contributed by atoms with E-state index in [-0.39, 0.29) is 5.78 Å². The molecule has 0 aliphatic heterocycles. The first kappa shape index (κ1) is 12.6. The highest BCUT2D eigenvalue weighted by atomic mass is 35.5. The quantitative estimate of drug-likeness (QED) is 0.789. The summed E-state index contributed by atoms with van der Waals surface area (Å²) in [5, 5.41) is 0.945. The zero-order chi connectivity index (χ0) is 13.5. The summed E-state index contributed by atoms with van der Waals surface area (Å²) < 4.78 is 0. The van der Waals surface area contributed by atoms with Crippen LogP contribution < -0.4 is 0 Å².